The second kappa shape index (κ2) is 10.1. The van der Waals surface area contributed by atoms with Crippen LogP contribution in [0.15, 0.2) is 60.9 Å². The van der Waals surface area contributed by atoms with E-state index >= 15 is 0 Å². The molecule has 0 aliphatic heterocycles. The van der Waals surface area contributed by atoms with Gasteiger partial charge in [0.1, 0.15) is 0 Å². The van der Waals surface area contributed by atoms with Gasteiger partial charge in [-0.2, -0.15) is 0 Å². The van der Waals surface area contributed by atoms with E-state index in [-0.39, 0.29) is 18.6 Å². The minimum Gasteiger partial charge on any atom is -0.347 e. The quantitative estimate of drug-likeness (QED) is 0.485. The van der Waals surface area contributed by atoms with Crippen LogP contribution in [0.4, 0.5) is 32.6 Å². The molecule has 0 spiro atoms. The Labute approximate surface area is 180 Å². The molecule has 4 N–H and O–H groups in total. The van der Waals surface area contributed by atoms with Gasteiger partial charge in [0.05, 0.1) is 18.1 Å². The van der Waals surface area contributed by atoms with E-state index in [1.807, 2.05) is 57.4 Å². The van der Waals surface area contributed by atoms with E-state index in [0.717, 1.165) is 16.8 Å². The van der Waals surface area contributed by atoms with E-state index in [9.17, 15) is 9.59 Å². The largest absolute Gasteiger partial charge is 0.347 e. The third-order valence-corrected chi connectivity index (χ3v) is 4.21. The Morgan fingerprint density at radius 2 is 1.45 bits per heavy atom. The molecule has 0 fully saturated rings. The summed E-state index contributed by atoms with van der Waals surface area (Å²) in [5, 5.41) is 11.0. The van der Waals surface area contributed by atoms with Crippen LogP contribution < -0.4 is 26.2 Å². The van der Waals surface area contributed by atoms with Crippen LogP contribution in [-0.2, 0) is 6.54 Å². The van der Waals surface area contributed by atoms with Gasteiger partial charge in [-0.15, -0.1) is 0 Å². The van der Waals surface area contributed by atoms with Crippen molar-refractivity contribution in [1.82, 2.24) is 15.3 Å². The first-order chi connectivity index (χ1) is 14.9. The summed E-state index contributed by atoms with van der Waals surface area (Å²) in [4.78, 5) is 34.4. The SMILES string of the molecule is Cc1cccc(NC(=O)Nc2cccc(CNC(=O)Nc3cnc(N(C)C)nc3)c2)c1. The van der Waals surface area contributed by atoms with Gasteiger partial charge in [0, 0.05) is 32.0 Å². The number of aromatic nitrogens is 2. The van der Waals surface area contributed by atoms with Crippen LogP contribution in [0.1, 0.15) is 11.1 Å². The zero-order valence-corrected chi connectivity index (χ0v) is 17.6. The zero-order valence-electron chi connectivity index (χ0n) is 17.6. The van der Waals surface area contributed by atoms with Crippen molar-refractivity contribution in [2.45, 2.75) is 13.5 Å². The predicted octanol–water partition coefficient (Wildman–Crippen LogP) is 3.82. The van der Waals surface area contributed by atoms with Crippen molar-refractivity contribution < 1.29 is 9.59 Å². The number of aryl methyl sites for hydroxylation is 1. The summed E-state index contributed by atoms with van der Waals surface area (Å²) in [6.45, 7) is 2.25. The highest BCUT2D eigenvalue weighted by Gasteiger charge is 2.06. The maximum Gasteiger partial charge on any atom is 0.323 e. The van der Waals surface area contributed by atoms with Crippen LogP contribution in [0.3, 0.4) is 0 Å². The van der Waals surface area contributed by atoms with E-state index < -0.39 is 0 Å². The zero-order chi connectivity index (χ0) is 22.2. The number of hydrogen-bond donors (Lipinski definition) is 4. The van der Waals surface area contributed by atoms with Crippen molar-refractivity contribution in [3.8, 4) is 0 Å². The molecule has 0 radical (unpaired) electrons. The van der Waals surface area contributed by atoms with Crippen molar-refractivity contribution in [2.24, 2.45) is 0 Å². The topological polar surface area (TPSA) is 111 Å². The van der Waals surface area contributed by atoms with Gasteiger partial charge in [-0.1, -0.05) is 24.3 Å². The number of carbonyl (C=O) groups is 2. The van der Waals surface area contributed by atoms with Gasteiger partial charge in [0.2, 0.25) is 5.95 Å². The highest BCUT2D eigenvalue weighted by atomic mass is 16.2. The minimum absolute atomic E-state index is 0.289. The fourth-order valence-corrected chi connectivity index (χ4v) is 2.75. The van der Waals surface area contributed by atoms with E-state index in [4.69, 9.17) is 0 Å². The van der Waals surface area contributed by atoms with Crippen molar-refractivity contribution in [3.63, 3.8) is 0 Å². The predicted molar refractivity (Wildman–Crippen MR) is 122 cm³/mol. The number of amides is 4. The highest BCUT2D eigenvalue weighted by Crippen LogP contribution is 2.13. The fourth-order valence-electron chi connectivity index (χ4n) is 2.75. The molecule has 4 amide bonds. The second-order valence-corrected chi connectivity index (χ2v) is 7.12. The Morgan fingerprint density at radius 3 is 2.10 bits per heavy atom. The molecule has 0 unspecified atom stereocenters. The Morgan fingerprint density at radius 1 is 0.839 bits per heavy atom. The molecule has 0 bridgehead atoms. The molecule has 1 heterocycles. The number of urea groups is 2. The van der Waals surface area contributed by atoms with Crippen LogP contribution in [0.25, 0.3) is 0 Å². The van der Waals surface area contributed by atoms with Crippen molar-refractivity contribution >= 4 is 35.1 Å². The maximum atomic E-state index is 12.2. The lowest BCUT2D eigenvalue weighted by molar-refractivity contribution is 0.251. The Kier molecular flexibility index (Phi) is 7.00. The van der Waals surface area contributed by atoms with E-state index in [0.29, 0.717) is 17.3 Å². The van der Waals surface area contributed by atoms with E-state index in [2.05, 4.69) is 31.2 Å². The summed E-state index contributed by atoms with van der Waals surface area (Å²) < 4.78 is 0. The van der Waals surface area contributed by atoms with Gasteiger partial charge in [-0.05, 0) is 42.3 Å². The molecular formula is C22H25N7O2. The van der Waals surface area contributed by atoms with Gasteiger partial charge >= 0.3 is 12.1 Å². The smallest absolute Gasteiger partial charge is 0.323 e. The van der Waals surface area contributed by atoms with E-state index in [1.54, 1.807) is 29.4 Å². The normalized spacial score (nSPS) is 10.2. The maximum absolute atomic E-state index is 12.2. The average molecular weight is 419 g/mol. The molecule has 0 aliphatic carbocycles. The van der Waals surface area contributed by atoms with Crippen LogP contribution in [0.5, 0.6) is 0 Å². The Balaban J connectivity index is 1.50. The lowest BCUT2D eigenvalue weighted by atomic mass is 10.2. The van der Waals surface area contributed by atoms with Gasteiger partial charge in [-0.25, -0.2) is 19.6 Å². The number of hydrogen-bond acceptors (Lipinski definition) is 5. The third kappa shape index (κ3) is 6.70. The molecule has 31 heavy (non-hydrogen) atoms. The lowest BCUT2D eigenvalue weighted by Gasteiger charge is -2.12. The molecular weight excluding hydrogens is 394 g/mol. The molecule has 9 nitrogen and oxygen atoms in total. The third-order valence-electron chi connectivity index (χ3n) is 4.21. The molecule has 0 atom stereocenters. The minimum atomic E-state index is -0.378. The van der Waals surface area contributed by atoms with Gasteiger partial charge in [0.25, 0.3) is 0 Å². The molecule has 2 aromatic carbocycles. The molecule has 160 valence electrons. The standard InChI is InChI=1S/C22H25N7O2/c1-15-6-4-8-17(10-15)26-22(31)27-18-9-5-7-16(11-18)12-25-21(30)28-19-13-23-20(24-14-19)29(2)3/h4-11,13-14H,12H2,1-3H3,(H2,25,28,30)(H2,26,27,31). The van der Waals surface area contributed by atoms with Crippen molar-refractivity contribution in [1.29, 1.82) is 0 Å². The van der Waals surface area contributed by atoms with Crippen LogP contribution in [0.2, 0.25) is 0 Å². The molecule has 0 saturated heterocycles. The first kappa shape index (κ1) is 21.6. The van der Waals surface area contributed by atoms with Crippen LogP contribution in [-0.4, -0.2) is 36.1 Å². The molecule has 0 aliphatic rings. The Hall–Kier alpha value is -4.14. The second-order valence-electron chi connectivity index (χ2n) is 7.12. The summed E-state index contributed by atoms with van der Waals surface area (Å²) in [5.41, 5.74) is 3.73. The van der Waals surface area contributed by atoms with Crippen LogP contribution in [0, 0.1) is 6.92 Å². The van der Waals surface area contributed by atoms with Crippen molar-refractivity contribution in [3.05, 3.63) is 72.1 Å². The lowest BCUT2D eigenvalue weighted by Crippen LogP contribution is -2.28. The number of rotatable bonds is 6. The Bertz CT molecular complexity index is 1050. The number of nitrogens with one attached hydrogen (secondary N) is 4. The molecule has 3 rings (SSSR count). The number of carbonyl (C=O) groups excluding carboxylic acids is 2. The number of anilines is 4. The molecule has 9 heteroatoms. The molecule has 0 saturated carbocycles. The summed E-state index contributed by atoms with van der Waals surface area (Å²) in [6.07, 6.45) is 3.08. The molecule has 1 aromatic heterocycles. The molecule has 3 aromatic rings. The van der Waals surface area contributed by atoms with E-state index in [1.165, 1.54) is 0 Å². The first-order valence-electron chi connectivity index (χ1n) is 9.67. The number of nitrogens with zero attached hydrogens (tertiary/aromatic N) is 3. The van der Waals surface area contributed by atoms with Gasteiger partial charge in [-0.3, -0.25) is 0 Å². The summed E-state index contributed by atoms with van der Waals surface area (Å²) in [5.74, 6) is 0.557. The fraction of sp³-hybridized carbons (Fsp3) is 0.182. The van der Waals surface area contributed by atoms with Gasteiger partial charge in [0.15, 0.2) is 0 Å². The average Bonchev–Trinajstić information content (AvgIpc) is 2.73. The summed E-state index contributed by atoms with van der Waals surface area (Å²) >= 11 is 0. The van der Waals surface area contributed by atoms with Crippen molar-refractivity contribution in [2.75, 3.05) is 34.9 Å². The first-order valence-corrected chi connectivity index (χ1v) is 9.67. The van der Waals surface area contributed by atoms with Crippen LogP contribution >= 0.6 is 0 Å². The monoisotopic (exact) mass is 419 g/mol. The van der Waals surface area contributed by atoms with Gasteiger partial charge < -0.3 is 26.2 Å². The summed E-state index contributed by atoms with van der Waals surface area (Å²) in [6, 6.07) is 14.1. The summed E-state index contributed by atoms with van der Waals surface area (Å²) in [7, 11) is 3.68. The highest BCUT2D eigenvalue weighted by molar-refractivity contribution is 5.99. The number of benzene rings is 2.